The van der Waals surface area contributed by atoms with Gasteiger partial charge in [-0.05, 0) is 62.1 Å². The van der Waals surface area contributed by atoms with Crippen molar-refractivity contribution in [3.05, 3.63) is 69.9 Å². The molecule has 39 heavy (non-hydrogen) atoms. The first-order valence-electron chi connectivity index (χ1n) is 13.1. The van der Waals surface area contributed by atoms with E-state index in [1.807, 2.05) is 18.2 Å². The number of nitrogens with zero attached hydrogens (tertiary/aromatic N) is 3. The largest absolute Gasteiger partial charge is 0.493 e. The first-order chi connectivity index (χ1) is 19.1. The maximum Gasteiger partial charge on any atom is 0.279 e. The lowest BCUT2D eigenvalue weighted by atomic mass is 10.0. The van der Waals surface area contributed by atoms with Crippen LogP contribution in [0.1, 0.15) is 41.6 Å². The summed E-state index contributed by atoms with van der Waals surface area (Å²) in [5.74, 6) is 1.02. The quantitative estimate of drug-likeness (QED) is 0.363. The number of fused-ring (bicyclic) bond motifs is 9. The van der Waals surface area contributed by atoms with Gasteiger partial charge in [0, 0.05) is 54.8 Å². The molecule has 4 heterocycles. The second kappa shape index (κ2) is 12.6. The molecule has 2 N–H and O–H groups in total. The number of carbonyl (C=O) groups is 1. The van der Waals surface area contributed by atoms with Crippen LogP contribution in [0.25, 0.3) is 11.3 Å². The Hall–Kier alpha value is -4.09. The van der Waals surface area contributed by atoms with E-state index in [-0.39, 0.29) is 23.1 Å². The summed E-state index contributed by atoms with van der Waals surface area (Å²) in [6.07, 6.45) is 5.11. The number of nitro benzene ring substituents is 1. The molecule has 1 unspecified atom stereocenters. The monoisotopic (exact) mass is 533 g/mol. The molecule has 1 atom stereocenters. The van der Waals surface area contributed by atoms with Gasteiger partial charge in [0.25, 0.3) is 11.6 Å². The zero-order valence-corrected chi connectivity index (χ0v) is 21.6. The molecule has 0 spiro atoms. The van der Waals surface area contributed by atoms with Crippen LogP contribution in [-0.2, 0) is 16.1 Å². The molecule has 11 nitrogen and oxygen atoms in total. The third-order valence-electron chi connectivity index (χ3n) is 6.69. The van der Waals surface area contributed by atoms with Gasteiger partial charge in [-0.1, -0.05) is 0 Å². The van der Waals surface area contributed by atoms with Gasteiger partial charge in [0.1, 0.15) is 5.75 Å². The van der Waals surface area contributed by atoms with E-state index in [4.69, 9.17) is 14.2 Å². The fourth-order valence-electron chi connectivity index (χ4n) is 4.61. The number of hydrogen-bond acceptors (Lipinski definition) is 9. The summed E-state index contributed by atoms with van der Waals surface area (Å²) >= 11 is 0. The Morgan fingerprint density at radius 1 is 1.08 bits per heavy atom. The average Bonchev–Trinajstić information content (AvgIpc) is 2.96. The molecule has 6 rings (SSSR count). The molecule has 204 valence electrons. The summed E-state index contributed by atoms with van der Waals surface area (Å²) in [6.45, 7) is 3.38. The van der Waals surface area contributed by atoms with Crippen LogP contribution in [0.4, 0.5) is 17.3 Å². The van der Waals surface area contributed by atoms with Crippen LogP contribution in [-0.4, -0.2) is 53.8 Å². The van der Waals surface area contributed by atoms with E-state index in [9.17, 15) is 14.9 Å². The predicted molar refractivity (Wildman–Crippen MR) is 144 cm³/mol. The van der Waals surface area contributed by atoms with Crippen LogP contribution in [0.3, 0.4) is 0 Å². The molecule has 0 aliphatic carbocycles. The van der Waals surface area contributed by atoms with Crippen molar-refractivity contribution in [1.29, 1.82) is 0 Å². The number of anilines is 2. The highest BCUT2D eigenvalue weighted by Gasteiger charge is 2.21. The molecule has 2 aromatic carbocycles. The molecular weight excluding hydrogens is 502 g/mol. The molecule has 1 amide bonds. The topological polar surface area (TPSA) is 138 Å². The number of hydrogen-bond donors (Lipinski definition) is 2. The molecule has 3 aliphatic heterocycles. The number of nitrogens with one attached hydrogen (secondary N) is 2. The number of benzene rings is 2. The minimum absolute atomic E-state index is 0.203. The Morgan fingerprint density at radius 3 is 2.82 bits per heavy atom. The van der Waals surface area contributed by atoms with E-state index in [1.165, 1.54) is 12.3 Å². The lowest BCUT2D eigenvalue weighted by molar-refractivity contribution is -0.384. The highest BCUT2D eigenvalue weighted by molar-refractivity contribution is 5.96. The summed E-state index contributed by atoms with van der Waals surface area (Å²) in [5.41, 5.74) is 2.29. The Kier molecular flexibility index (Phi) is 8.59. The van der Waals surface area contributed by atoms with Crippen LogP contribution in [0, 0.1) is 16.0 Å². The van der Waals surface area contributed by atoms with Crippen molar-refractivity contribution in [2.45, 2.75) is 32.3 Å². The van der Waals surface area contributed by atoms with Crippen LogP contribution in [0.2, 0.25) is 0 Å². The zero-order chi connectivity index (χ0) is 27.0. The second-order valence-electron chi connectivity index (χ2n) is 9.61. The fourth-order valence-corrected chi connectivity index (χ4v) is 4.61. The lowest BCUT2D eigenvalue weighted by Gasteiger charge is -2.23. The smallest absolute Gasteiger partial charge is 0.279 e. The van der Waals surface area contributed by atoms with Crippen LogP contribution >= 0.6 is 0 Å². The normalized spacial score (nSPS) is 18.2. The molecular formula is C28H31N5O6. The van der Waals surface area contributed by atoms with Gasteiger partial charge in [-0.15, -0.1) is 0 Å². The van der Waals surface area contributed by atoms with Gasteiger partial charge in [-0.2, -0.15) is 0 Å². The average molecular weight is 534 g/mol. The maximum absolute atomic E-state index is 12.6. The fraction of sp³-hybridized carbons (Fsp3) is 0.393. The predicted octanol–water partition coefficient (Wildman–Crippen LogP) is 4.64. The van der Waals surface area contributed by atoms with E-state index in [2.05, 4.69) is 20.6 Å². The van der Waals surface area contributed by atoms with Crippen molar-refractivity contribution in [2.24, 2.45) is 5.92 Å². The van der Waals surface area contributed by atoms with Gasteiger partial charge in [0.2, 0.25) is 5.95 Å². The number of amides is 1. The number of nitro groups is 1. The molecule has 0 saturated carbocycles. The number of ether oxygens (including phenoxy) is 3. The Balaban J connectivity index is 1.43. The minimum Gasteiger partial charge on any atom is -0.493 e. The molecule has 1 aromatic heterocycles. The minimum atomic E-state index is -0.508. The standard InChI is InChI=1S/C28H31N5O6/c34-27-20-5-7-23(25(15-20)33(35)36)24-9-11-30-28(32-24)31-22-6-8-26(39-17-19-4-3-13-37-16-19)21(14-22)18-38-12-2-1-10-29-27/h5-9,11,14-15,19H,1-4,10,12-13,16-18H2,(H,29,34)(H,30,31,32). The Morgan fingerprint density at radius 2 is 1.97 bits per heavy atom. The first kappa shape index (κ1) is 26.5. The van der Waals surface area contributed by atoms with Crippen molar-refractivity contribution in [3.8, 4) is 17.0 Å². The van der Waals surface area contributed by atoms with E-state index in [0.29, 0.717) is 56.6 Å². The lowest BCUT2D eigenvalue weighted by Crippen LogP contribution is -2.24. The molecule has 3 aromatic rings. The van der Waals surface area contributed by atoms with E-state index < -0.39 is 4.92 Å². The van der Waals surface area contributed by atoms with E-state index >= 15 is 0 Å². The van der Waals surface area contributed by atoms with Gasteiger partial charge in [0.05, 0.1) is 36.0 Å². The third-order valence-corrected chi connectivity index (χ3v) is 6.69. The van der Waals surface area contributed by atoms with Gasteiger partial charge in [0.15, 0.2) is 0 Å². The van der Waals surface area contributed by atoms with Crippen molar-refractivity contribution >= 4 is 23.2 Å². The van der Waals surface area contributed by atoms with Crippen LogP contribution < -0.4 is 15.4 Å². The summed E-state index contributed by atoms with van der Waals surface area (Å²) in [5, 5.41) is 17.9. The molecule has 0 radical (unpaired) electrons. The van der Waals surface area contributed by atoms with Gasteiger partial charge in [-0.25, -0.2) is 9.97 Å². The van der Waals surface area contributed by atoms with Crippen molar-refractivity contribution in [3.63, 3.8) is 0 Å². The molecule has 1 saturated heterocycles. The number of aromatic nitrogens is 2. The summed E-state index contributed by atoms with van der Waals surface area (Å²) in [4.78, 5) is 32.8. The summed E-state index contributed by atoms with van der Waals surface area (Å²) < 4.78 is 17.7. The van der Waals surface area contributed by atoms with E-state index in [0.717, 1.165) is 42.9 Å². The zero-order valence-electron chi connectivity index (χ0n) is 21.6. The van der Waals surface area contributed by atoms with E-state index in [1.54, 1.807) is 18.2 Å². The van der Waals surface area contributed by atoms with Crippen molar-refractivity contribution in [1.82, 2.24) is 15.3 Å². The SMILES string of the molecule is O=C1NCCCCOCc2cc(ccc2OCC2CCCOC2)Nc2nccc(n2)-c2ccc1cc2[N+](=O)[O-]. The molecule has 1 fully saturated rings. The van der Waals surface area contributed by atoms with Crippen molar-refractivity contribution < 1.29 is 23.9 Å². The first-order valence-corrected chi connectivity index (χ1v) is 13.1. The van der Waals surface area contributed by atoms with Gasteiger partial charge in [-0.3, -0.25) is 14.9 Å². The maximum atomic E-state index is 12.6. The summed E-state index contributed by atoms with van der Waals surface area (Å²) in [6, 6.07) is 11.7. The molecule has 6 bridgehead atoms. The van der Waals surface area contributed by atoms with Crippen LogP contribution in [0.15, 0.2) is 48.7 Å². The van der Waals surface area contributed by atoms with Gasteiger partial charge >= 0.3 is 0 Å². The molecule has 11 heteroatoms. The summed E-state index contributed by atoms with van der Waals surface area (Å²) in [7, 11) is 0. The van der Waals surface area contributed by atoms with Crippen molar-refractivity contribution in [2.75, 3.05) is 38.3 Å². The van der Waals surface area contributed by atoms with Crippen LogP contribution in [0.5, 0.6) is 5.75 Å². The van der Waals surface area contributed by atoms with Gasteiger partial charge < -0.3 is 24.8 Å². The number of rotatable bonds is 4. The highest BCUT2D eigenvalue weighted by atomic mass is 16.6. The Labute approximate surface area is 226 Å². The highest BCUT2D eigenvalue weighted by Crippen LogP contribution is 2.31. The third kappa shape index (κ3) is 6.87. The second-order valence-corrected chi connectivity index (χ2v) is 9.61. The molecule has 3 aliphatic rings. The Bertz CT molecular complexity index is 1330. The number of carbonyl (C=O) groups excluding carboxylic acids is 1.